The number of aromatic nitrogens is 2. The molecule has 0 saturated carbocycles. The third-order valence-corrected chi connectivity index (χ3v) is 10.9. The quantitative estimate of drug-likeness (QED) is 0.173. The fourth-order valence-corrected chi connectivity index (χ4v) is 8.24. The lowest BCUT2D eigenvalue weighted by Crippen LogP contribution is -1.90. The molecule has 2 heterocycles. The second kappa shape index (κ2) is 12.0. The number of nitrogens with zero attached hydrogens (tertiary/aromatic N) is 2. The molecule has 0 atom stereocenters. The average molecular weight is 689 g/mol. The van der Waals surface area contributed by atoms with Gasteiger partial charge < -0.3 is 4.42 Å². The van der Waals surface area contributed by atoms with Gasteiger partial charge in [0.1, 0.15) is 0 Å². The van der Waals surface area contributed by atoms with E-state index in [1.165, 1.54) is 76.1 Å². The highest BCUT2D eigenvalue weighted by atomic mass is 16.3. The highest BCUT2D eigenvalue weighted by molar-refractivity contribution is 6.24. The Hall–Kier alpha value is -7.10. The van der Waals surface area contributed by atoms with Crippen LogP contribution in [0.3, 0.4) is 0 Å². The Morgan fingerprint density at radius 1 is 0.352 bits per heavy atom. The molecule has 3 heteroatoms. The first-order valence-corrected chi connectivity index (χ1v) is 18.4. The lowest BCUT2D eigenvalue weighted by Gasteiger charge is -2.17. The maximum Gasteiger partial charge on any atom is 0.228 e. The zero-order valence-corrected chi connectivity index (χ0v) is 29.5. The molecule has 3 nitrogen and oxygen atoms in total. The van der Waals surface area contributed by atoms with Gasteiger partial charge in [-0.1, -0.05) is 121 Å². The smallest absolute Gasteiger partial charge is 0.228 e. The van der Waals surface area contributed by atoms with E-state index in [0.29, 0.717) is 17.1 Å². The van der Waals surface area contributed by atoms with Crippen LogP contribution in [-0.2, 0) is 0 Å². The van der Waals surface area contributed by atoms with Crippen molar-refractivity contribution >= 4 is 65.1 Å². The first kappa shape index (κ1) is 30.5. The fraction of sp³-hybridized carbons (Fsp3) is 0.0196. The molecule has 9 aromatic carbocycles. The predicted molar refractivity (Wildman–Crippen MR) is 226 cm³/mol. The van der Waals surface area contributed by atoms with Gasteiger partial charge >= 0.3 is 0 Å². The van der Waals surface area contributed by atoms with Crippen molar-refractivity contribution in [3.05, 3.63) is 182 Å². The van der Waals surface area contributed by atoms with Crippen LogP contribution < -0.4 is 0 Å². The van der Waals surface area contributed by atoms with Gasteiger partial charge in [0, 0.05) is 11.3 Å². The van der Waals surface area contributed by atoms with Gasteiger partial charge in [0.15, 0.2) is 11.2 Å². The SMILES string of the molecule is Cc1ccc2oc(-c3cccc(-c4ccc5c(c4)c(-c4ccc6ccccc6c4)cc4c6ccccc6c(-c6ccc7ccccc7c6)cc54)c3)nc2n1. The Morgan fingerprint density at radius 3 is 1.65 bits per heavy atom. The Labute approximate surface area is 311 Å². The van der Waals surface area contributed by atoms with Gasteiger partial charge in [-0.25, -0.2) is 4.98 Å². The van der Waals surface area contributed by atoms with Crippen molar-refractivity contribution in [1.29, 1.82) is 0 Å². The molecular weight excluding hydrogens is 657 g/mol. The molecule has 0 amide bonds. The number of oxazole rings is 1. The number of pyridine rings is 1. The van der Waals surface area contributed by atoms with Gasteiger partial charge in [0.05, 0.1) is 0 Å². The Balaban J connectivity index is 1.16. The lowest BCUT2D eigenvalue weighted by atomic mass is 9.86. The van der Waals surface area contributed by atoms with E-state index in [1.807, 2.05) is 19.1 Å². The van der Waals surface area contributed by atoms with Crippen molar-refractivity contribution < 1.29 is 4.42 Å². The molecule has 0 radical (unpaired) electrons. The first-order valence-electron chi connectivity index (χ1n) is 18.4. The Morgan fingerprint density at radius 2 is 0.926 bits per heavy atom. The van der Waals surface area contributed by atoms with E-state index in [1.54, 1.807) is 0 Å². The largest absolute Gasteiger partial charge is 0.434 e. The molecule has 54 heavy (non-hydrogen) atoms. The first-order chi connectivity index (χ1) is 26.6. The third-order valence-electron chi connectivity index (χ3n) is 10.9. The summed E-state index contributed by atoms with van der Waals surface area (Å²) >= 11 is 0. The van der Waals surface area contributed by atoms with E-state index in [4.69, 9.17) is 9.40 Å². The molecule has 2 aromatic heterocycles. The number of rotatable bonds is 4. The van der Waals surface area contributed by atoms with Crippen LogP contribution in [0.4, 0.5) is 0 Å². The highest BCUT2D eigenvalue weighted by Gasteiger charge is 2.17. The molecule has 11 aromatic rings. The molecule has 0 aliphatic heterocycles. The lowest BCUT2D eigenvalue weighted by molar-refractivity contribution is 0.619. The van der Waals surface area contributed by atoms with Gasteiger partial charge in [-0.05, 0) is 149 Å². The number of aryl methyl sites for hydroxylation is 1. The van der Waals surface area contributed by atoms with E-state index in [9.17, 15) is 0 Å². The van der Waals surface area contributed by atoms with E-state index < -0.39 is 0 Å². The Kier molecular flexibility index (Phi) is 6.77. The van der Waals surface area contributed by atoms with E-state index in [-0.39, 0.29) is 0 Å². The van der Waals surface area contributed by atoms with E-state index >= 15 is 0 Å². The maximum absolute atomic E-state index is 6.16. The van der Waals surface area contributed by atoms with Crippen molar-refractivity contribution in [3.8, 4) is 44.8 Å². The second-order valence-electron chi connectivity index (χ2n) is 14.2. The molecule has 0 aliphatic carbocycles. The summed E-state index contributed by atoms with van der Waals surface area (Å²) in [6, 6.07) is 63.9. The van der Waals surface area contributed by atoms with Crippen molar-refractivity contribution in [2.75, 3.05) is 0 Å². The maximum atomic E-state index is 6.16. The van der Waals surface area contributed by atoms with Crippen LogP contribution in [0.25, 0.3) is 110 Å². The van der Waals surface area contributed by atoms with E-state index in [0.717, 1.165) is 22.4 Å². The summed E-state index contributed by atoms with van der Waals surface area (Å²) in [6.45, 7) is 1.97. The molecule has 11 rings (SSSR count). The summed E-state index contributed by atoms with van der Waals surface area (Å²) in [7, 11) is 0. The highest BCUT2D eigenvalue weighted by Crippen LogP contribution is 2.44. The van der Waals surface area contributed by atoms with Crippen molar-refractivity contribution in [2.24, 2.45) is 0 Å². The molecule has 0 saturated heterocycles. The molecule has 0 spiro atoms. The van der Waals surface area contributed by atoms with E-state index in [2.05, 4.69) is 169 Å². The zero-order chi connectivity index (χ0) is 35.8. The van der Waals surface area contributed by atoms with Crippen molar-refractivity contribution in [3.63, 3.8) is 0 Å². The number of hydrogen-bond acceptors (Lipinski definition) is 3. The normalized spacial score (nSPS) is 11.8. The van der Waals surface area contributed by atoms with Crippen LogP contribution >= 0.6 is 0 Å². The predicted octanol–water partition coefficient (Wildman–Crippen LogP) is 14.0. The minimum atomic E-state index is 0.571. The van der Waals surface area contributed by atoms with Crippen LogP contribution in [0, 0.1) is 6.92 Å². The van der Waals surface area contributed by atoms with Crippen molar-refractivity contribution in [2.45, 2.75) is 6.92 Å². The van der Waals surface area contributed by atoms with Crippen molar-refractivity contribution in [1.82, 2.24) is 9.97 Å². The topological polar surface area (TPSA) is 38.9 Å². The third kappa shape index (κ3) is 4.97. The summed E-state index contributed by atoms with van der Waals surface area (Å²) in [5.41, 5.74) is 10.3. The second-order valence-corrected chi connectivity index (χ2v) is 14.2. The minimum absolute atomic E-state index is 0.571. The zero-order valence-electron chi connectivity index (χ0n) is 29.5. The summed E-state index contributed by atoms with van der Waals surface area (Å²) in [5, 5.41) is 12.4. The fourth-order valence-electron chi connectivity index (χ4n) is 8.24. The molecule has 0 N–H and O–H groups in total. The van der Waals surface area contributed by atoms with Gasteiger partial charge in [-0.15, -0.1) is 0 Å². The molecular formula is C51H32N2O. The van der Waals surface area contributed by atoms with Gasteiger partial charge in [-0.2, -0.15) is 4.98 Å². The summed E-state index contributed by atoms with van der Waals surface area (Å²) < 4.78 is 6.16. The average Bonchev–Trinajstić information content (AvgIpc) is 3.66. The number of hydrogen-bond donors (Lipinski definition) is 0. The molecule has 252 valence electrons. The standard InChI is InChI=1S/C51H32N2O/c1-31-17-24-49-50(52-31)53-51(54-49)40-14-8-13-36(27-40)37-22-23-43-46(28-37)45(39-21-19-33-10-3-5-12-35(33)26-39)30-47-42-16-7-6-15-41(42)44(29-48(43)47)38-20-18-32-9-2-4-11-34(32)25-38/h2-30H,1H3. The molecule has 0 bridgehead atoms. The van der Waals surface area contributed by atoms with Crippen LogP contribution in [0.2, 0.25) is 0 Å². The van der Waals surface area contributed by atoms with Crippen LogP contribution in [0.5, 0.6) is 0 Å². The van der Waals surface area contributed by atoms with Crippen LogP contribution in [-0.4, -0.2) is 9.97 Å². The molecule has 0 fully saturated rings. The summed E-state index contributed by atoms with van der Waals surface area (Å²) in [4.78, 5) is 9.31. The minimum Gasteiger partial charge on any atom is -0.434 e. The molecule has 0 aliphatic rings. The monoisotopic (exact) mass is 688 g/mol. The summed E-state index contributed by atoms with van der Waals surface area (Å²) in [5.74, 6) is 0.571. The molecule has 0 unspecified atom stereocenters. The van der Waals surface area contributed by atoms with Crippen LogP contribution in [0.1, 0.15) is 5.69 Å². The number of benzene rings is 9. The Bertz CT molecular complexity index is 3300. The van der Waals surface area contributed by atoms with Gasteiger partial charge in [-0.3, -0.25) is 0 Å². The van der Waals surface area contributed by atoms with Crippen LogP contribution in [0.15, 0.2) is 180 Å². The van der Waals surface area contributed by atoms with Gasteiger partial charge in [0.2, 0.25) is 5.89 Å². The van der Waals surface area contributed by atoms with Gasteiger partial charge in [0.25, 0.3) is 0 Å². The number of fused-ring (bicyclic) bond motifs is 8. The summed E-state index contributed by atoms with van der Waals surface area (Å²) in [6.07, 6.45) is 0.